The van der Waals surface area contributed by atoms with Crippen LogP contribution in [0.3, 0.4) is 0 Å². The quantitative estimate of drug-likeness (QED) is 0.671. The van der Waals surface area contributed by atoms with Crippen LogP contribution in [-0.4, -0.2) is 17.3 Å². The second-order valence-corrected chi connectivity index (χ2v) is 8.94. The van der Waals surface area contributed by atoms with E-state index in [0.29, 0.717) is 28.6 Å². The van der Waals surface area contributed by atoms with Crippen LogP contribution in [0.1, 0.15) is 65.4 Å². The molecule has 3 atom stereocenters. The summed E-state index contributed by atoms with van der Waals surface area (Å²) in [6.07, 6.45) is 8.27. The number of phenolic OH excluding ortho intramolecular Hbond substituents is 2. The first-order valence-electron chi connectivity index (χ1n) is 9.51. The Balaban J connectivity index is 2.14. The molecule has 3 heteroatoms. The monoisotopic (exact) mass is 344 g/mol. The van der Waals surface area contributed by atoms with Crippen LogP contribution in [-0.2, 0) is 0 Å². The molecule has 25 heavy (non-hydrogen) atoms. The molecule has 3 rings (SSSR count). The van der Waals surface area contributed by atoms with E-state index < -0.39 is 0 Å². The smallest absolute Gasteiger partial charge is 0.168 e. The van der Waals surface area contributed by atoms with Crippen molar-refractivity contribution in [1.82, 2.24) is 0 Å². The third kappa shape index (κ3) is 2.92. The number of aromatic hydroxyl groups is 2. The van der Waals surface area contributed by atoms with E-state index in [1.54, 1.807) is 13.2 Å². The molecular formula is C22H32O3. The molecule has 0 heterocycles. The fourth-order valence-corrected chi connectivity index (χ4v) is 5.67. The number of rotatable bonds is 2. The largest absolute Gasteiger partial charge is 0.504 e. The van der Waals surface area contributed by atoms with E-state index in [9.17, 15) is 10.2 Å². The van der Waals surface area contributed by atoms with Crippen molar-refractivity contribution >= 4 is 6.08 Å². The zero-order chi connectivity index (χ0) is 18.4. The zero-order valence-corrected chi connectivity index (χ0v) is 16.2. The number of ether oxygens (including phenoxy) is 1. The van der Waals surface area contributed by atoms with E-state index in [1.165, 1.54) is 43.7 Å². The standard InChI is InChI=1S/C22H32O3/c1-14-7-10-19-21(2,3)11-6-12-22(19,4)16(14)13-15-18(25-5)9-8-17(23)20(15)24/h8-9,13-14,19,23-24H,6-7,10-12H2,1-5H3/b16-13-/t14-,19-,22+/m1/s1. The van der Waals surface area contributed by atoms with Gasteiger partial charge >= 0.3 is 0 Å². The highest BCUT2D eigenvalue weighted by molar-refractivity contribution is 5.70. The molecule has 2 aliphatic rings. The first-order chi connectivity index (χ1) is 11.7. The van der Waals surface area contributed by atoms with Crippen LogP contribution in [0.4, 0.5) is 0 Å². The lowest BCUT2D eigenvalue weighted by Crippen LogP contribution is -2.47. The van der Waals surface area contributed by atoms with Gasteiger partial charge in [0.05, 0.1) is 12.7 Å². The SMILES string of the molecule is COc1ccc(O)c(O)c1/C=C1/[C@H](C)CC[C@@H]2C(C)(C)CCC[C@@]12C. The van der Waals surface area contributed by atoms with Crippen molar-refractivity contribution in [2.24, 2.45) is 22.7 Å². The molecule has 1 aromatic carbocycles. The molecule has 0 amide bonds. The van der Waals surface area contributed by atoms with Crippen LogP contribution in [0.25, 0.3) is 6.08 Å². The van der Waals surface area contributed by atoms with Crippen LogP contribution in [0, 0.1) is 22.7 Å². The Labute approximate surface area is 151 Å². The number of hydrogen-bond donors (Lipinski definition) is 2. The number of allylic oxidation sites excluding steroid dienone is 1. The van der Waals surface area contributed by atoms with Crippen LogP contribution >= 0.6 is 0 Å². The molecule has 2 N–H and O–H groups in total. The summed E-state index contributed by atoms with van der Waals surface area (Å²) in [5.41, 5.74) is 2.49. The predicted molar refractivity (Wildman–Crippen MR) is 102 cm³/mol. The normalized spacial score (nSPS) is 33.1. The highest BCUT2D eigenvalue weighted by Crippen LogP contribution is 2.61. The maximum Gasteiger partial charge on any atom is 0.168 e. The summed E-state index contributed by atoms with van der Waals surface area (Å²) in [6, 6.07) is 3.20. The van der Waals surface area contributed by atoms with Crippen molar-refractivity contribution in [2.45, 2.75) is 59.8 Å². The molecule has 0 aromatic heterocycles. The lowest BCUT2D eigenvalue weighted by molar-refractivity contribution is -0.00535. The Morgan fingerprint density at radius 2 is 1.84 bits per heavy atom. The minimum absolute atomic E-state index is 0.0835. The Bertz CT molecular complexity index is 689. The third-order valence-electron chi connectivity index (χ3n) is 6.98. The van der Waals surface area contributed by atoms with Crippen molar-refractivity contribution in [3.63, 3.8) is 0 Å². The number of phenols is 2. The first kappa shape index (κ1) is 18.2. The lowest BCUT2D eigenvalue weighted by Gasteiger charge is -2.56. The van der Waals surface area contributed by atoms with Gasteiger partial charge in [0, 0.05) is 0 Å². The summed E-state index contributed by atoms with van der Waals surface area (Å²) < 4.78 is 5.45. The van der Waals surface area contributed by atoms with Crippen molar-refractivity contribution in [3.8, 4) is 17.2 Å². The molecule has 0 saturated heterocycles. The van der Waals surface area contributed by atoms with E-state index in [4.69, 9.17) is 4.74 Å². The van der Waals surface area contributed by atoms with Crippen LogP contribution in [0.5, 0.6) is 17.2 Å². The second kappa shape index (κ2) is 6.26. The van der Waals surface area contributed by atoms with E-state index in [1.807, 2.05) is 0 Å². The Morgan fingerprint density at radius 3 is 2.52 bits per heavy atom. The maximum absolute atomic E-state index is 10.4. The van der Waals surface area contributed by atoms with Crippen molar-refractivity contribution < 1.29 is 14.9 Å². The van der Waals surface area contributed by atoms with Gasteiger partial charge in [0.15, 0.2) is 11.5 Å². The van der Waals surface area contributed by atoms with Gasteiger partial charge in [-0.05, 0) is 66.6 Å². The molecule has 0 aliphatic heterocycles. The Hall–Kier alpha value is -1.64. The van der Waals surface area contributed by atoms with Crippen molar-refractivity contribution in [2.75, 3.05) is 7.11 Å². The molecule has 0 bridgehead atoms. The topological polar surface area (TPSA) is 49.7 Å². The summed E-state index contributed by atoms with van der Waals surface area (Å²) in [7, 11) is 1.60. The van der Waals surface area contributed by atoms with Gasteiger partial charge in [-0.15, -0.1) is 0 Å². The van der Waals surface area contributed by atoms with E-state index in [-0.39, 0.29) is 16.9 Å². The fraction of sp³-hybridized carbons (Fsp3) is 0.636. The Morgan fingerprint density at radius 1 is 1.12 bits per heavy atom. The third-order valence-corrected chi connectivity index (χ3v) is 6.98. The number of methoxy groups -OCH3 is 1. The average molecular weight is 344 g/mol. The van der Waals surface area contributed by atoms with Gasteiger partial charge in [-0.3, -0.25) is 0 Å². The summed E-state index contributed by atoms with van der Waals surface area (Å²) in [6.45, 7) is 9.53. The van der Waals surface area contributed by atoms with Crippen LogP contribution < -0.4 is 4.74 Å². The minimum Gasteiger partial charge on any atom is -0.504 e. The highest BCUT2D eigenvalue weighted by atomic mass is 16.5. The van der Waals surface area contributed by atoms with Crippen molar-refractivity contribution in [1.29, 1.82) is 0 Å². The van der Waals surface area contributed by atoms with Crippen LogP contribution in [0.2, 0.25) is 0 Å². The van der Waals surface area contributed by atoms with Gasteiger partial charge in [-0.25, -0.2) is 0 Å². The molecule has 3 nitrogen and oxygen atoms in total. The van der Waals surface area contributed by atoms with Crippen molar-refractivity contribution in [3.05, 3.63) is 23.3 Å². The Kier molecular flexibility index (Phi) is 4.55. The molecule has 1 aromatic rings. The predicted octanol–water partition coefficient (Wildman–Crippen LogP) is 5.75. The molecule has 0 radical (unpaired) electrons. The molecule has 0 spiro atoms. The van der Waals surface area contributed by atoms with Gasteiger partial charge in [0.25, 0.3) is 0 Å². The fourth-order valence-electron chi connectivity index (χ4n) is 5.67. The lowest BCUT2D eigenvalue weighted by atomic mass is 9.48. The maximum atomic E-state index is 10.4. The van der Waals surface area contributed by atoms with E-state index in [0.717, 1.165) is 0 Å². The molecule has 2 saturated carbocycles. The summed E-state index contributed by atoms with van der Waals surface area (Å²) in [5.74, 6) is 1.56. The number of fused-ring (bicyclic) bond motifs is 1. The van der Waals surface area contributed by atoms with Gasteiger partial charge in [0.2, 0.25) is 0 Å². The number of benzene rings is 1. The summed E-state index contributed by atoms with van der Waals surface area (Å²) in [4.78, 5) is 0. The zero-order valence-electron chi connectivity index (χ0n) is 16.2. The summed E-state index contributed by atoms with van der Waals surface area (Å²) in [5, 5.41) is 20.4. The number of hydrogen-bond acceptors (Lipinski definition) is 3. The van der Waals surface area contributed by atoms with Gasteiger partial charge < -0.3 is 14.9 Å². The second-order valence-electron chi connectivity index (χ2n) is 8.94. The molecule has 2 fully saturated rings. The van der Waals surface area contributed by atoms with Gasteiger partial charge in [-0.2, -0.15) is 0 Å². The minimum atomic E-state index is -0.0956. The highest BCUT2D eigenvalue weighted by Gasteiger charge is 2.51. The van der Waals surface area contributed by atoms with E-state index >= 15 is 0 Å². The molecule has 0 unspecified atom stereocenters. The van der Waals surface area contributed by atoms with Gasteiger partial charge in [0.1, 0.15) is 5.75 Å². The van der Waals surface area contributed by atoms with E-state index in [2.05, 4.69) is 33.8 Å². The summed E-state index contributed by atoms with van der Waals surface area (Å²) >= 11 is 0. The molecular weight excluding hydrogens is 312 g/mol. The van der Waals surface area contributed by atoms with Gasteiger partial charge in [-0.1, -0.05) is 39.7 Å². The molecule has 2 aliphatic carbocycles. The average Bonchev–Trinajstić information content (AvgIpc) is 2.54. The van der Waals surface area contributed by atoms with Crippen LogP contribution in [0.15, 0.2) is 17.7 Å². The first-order valence-corrected chi connectivity index (χ1v) is 9.51. The molecule has 138 valence electrons.